The van der Waals surface area contributed by atoms with Gasteiger partial charge in [-0.15, -0.1) is 24.0 Å². The Morgan fingerprint density at radius 3 is 2.64 bits per heavy atom. The summed E-state index contributed by atoms with van der Waals surface area (Å²) in [5.74, 6) is 0.880. The quantitative estimate of drug-likeness (QED) is 0.257. The molecule has 0 aliphatic carbocycles. The van der Waals surface area contributed by atoms with Crippen molar-refractivity contribution in [1.82, 2.24) is 15.5 Å². The van der Waals surface area contributed by atoms with Crippen LogP contribution in [0.15, 0.2) is 46.1 Å². The van der Waals surface area contributed by atoms with Gasteiger partial charge in [-0.1, -0.05) is 12.1 Å². The van der Waals surface area contributed by atoms with E-state index in [2.05, 4.69) is 73.4 Å². The fourth-order valence-electron chi connectivity index (χ4n) is 3.36. The van der Waals surface area contributed by atoms with E-state index in [9.17, 15) is 0 Å². The van der Waals surface area contributed by atoms with E-state index in [1.165, 1.54) is 16.8 Å². The minimum atomic E-state index is 0. The maximum atomic E-state index is 4.30. The number of benzene rings is 1. The molecule has 1 saturated heterocycles. The van der Waals surface area contributed by atoms with Crippen LogP contribution < -0.4 is 15.5 Å². The molecule has 0 saturated carbocycles. The number of anilines is 1. The molecular weight excluding hydrogens is 481 g/mol. The van der Waals surface area contributed by atoms with E-state index in [-0.39, 0.29) is 24.0 Å². The SMILES string of the molecule is CN=C(NCCCN1CCN(c2cccc(C)c2)CC1)NCc1ccsc1.I. The molecule has 2 heterocycles. The van der Waals surface area contributed by atoms with Crippen molar-refractivity contribution in [3.05, 3.63) is 52.2 Å². The molecule has 0 radical (unpaired) electrons. The van der Waals surface area contributed by atoms with E-state index >= 15 is 0 Å². The molecule has 0 spiro atoms. The second-order valence-corrected chi connectivity index (χ2v) is 7.79. The first-order valence-corrected chi connectivity index (χ1v) is 10.7. The van der Waals surface area contributed by atoms with Crippen molar-refractivity contribution >= 4 is 47.0 Å². The number of guanidine groups is 1. The summed E-state index contributed by atoms with van der Waals surface area (Å²) >= 11 is 1.73. The Morgan fingerprint density at radius 1 is 1.14 bits per heavy atom. The number of nitrogens with zero attached hydrogens (tertiary/aromatic N) is 3. The highest BCUT2D eigenvalue weighted by molar-refractivity contribution is 14.0. The lowest BCUT2D eigenvalue weighted by Gasteiger charge is -2.36. The van der Waals surface area contributed by atoms with Crippen LogP contribution in [0.3, 0.4) is 0 Å². The molecule has 1 aromatic heterocycles. The van der Waals surface area contributed by atoms with Crippen molar-refractivity contribution in [3.8, 4) is 0 Å². The van der Waals surface area contributed by atoms with Gasteiger partial charge in [0.15, 0.2) is 5.96 Å². The number of aryl methyl sites for hydroxylation is 1. The van der Waals surface area contributed by atoms with Crippen LogP contribution in [0.2, 0.25) is 0 Å². The topological polar surface area (TPSA) is 42.9 Å². The maximum Gasteiger partial charge on any atom is 0.191 e. The molecule has 2 aromatic rings. The Balaban J connectivity index is 0.00000280. The molecule has 154 valence electrons. The maximum absolute atomic E-state index is 4.30. The Kier molecular flexibility index (Phi) is 10.1. The van der Waals surface area contributed by atoms with Crippen LogP contribution in [0.1, 0.15) is 17.5 Å². The normalized spacial score (nSPS) is 15.2. The smallest absolute Gasteiger partial charge is 0.191 e. The number of thiophene rings is 1. The van der Waals surface area contributed by atoms with Crippen LogP contribution >= 0.6 is 35.3 Å². The minimum Gasteiger partial charge on any atom is -0.369 e. The molecule has 1 aliphatic rings. The number of aliphatic imine (C=N–C) groups is 1. The summed E-state index contributed by atoms with van der Waals surface area (Å²) in [5.41, 5.74) is 3.99. The standard InChI is InChI=1S/C21H31N5S.HI/c1-18-5-3-6-20(15-18)26-12-10-25(11-13-26)9-4-8-23-21(22-2)24-16-19-7-14-27-17-19;/h3,5-7,14-15,17H,4,8-13,16H2,1-2H3,(H2,22,23,24);1H. The van der Waals surface area contributed by atoms with Gasteiger partial charge in [-0.25, -0.2) is 0 Å². The van der Waals surface area contributed by atoms with E-state index in [4.69, 9.17) is 0 Å². The first kappa shape index (κ1) is 23.0. The number of piperazine rings is 1. The number of halogens is 1. The largest absolute Gasteiger partial charge is 0.369 e. The summed E-state index contributed by atoms with van der Waals surface area (Å²) in [6.45, 7) is 9.57. The molecule has 1 aromatic carbocycles. The van der Waals surface area contributed by atoms with Crippen LogP contribution in [0.25, 0.3) is 0 Å². The lowest BCUT2D eigenvalue weighted by atomic mass is 10.2. The van der Waals surface area contributed by atoms with Gasteiger partial charge < -0.3 is 15.5 Å². The second-order valence-electron chi connectivity index (χ2n) is 7.01. The molecule has 1 fully saturated rings. The third kappa shape index (κ3) is 7.25. The van der Waals surface area contributed by atoms with Crippen LogP contribution in [-0.4, -0.2) is 57.2 Å². The highest BCUT2D eigenvalue weighted by Crippen LogP contribution is 2.17. The summed E-state index contributed by atoms with van der Waals surface area (Å²) in [7, 11) is 1.83. The average molecular weight is 513 g/mol. The summed E-state index contributed by atoms with van der Waals surface area (Å²) in [6.07, 6.45) is 1.13. The molecule has 28 heavy (non-hydrogen) atoms. The van der Waals surface area contributed by atoms with E-state index in [1.54, 1.807) is 11.3 Å². The summed E-state index contributed by atoms with van der Waals surface area (Å²) < 4.78 is 0. The molecule has 5 nitrogen and oxygen atoms in total. The summed E-state index contributed by atoms with van der Waals surface area (Å²) in [6, 6.07) is 11.0. The minimum absolute atomic E-state index is 0. The van der Waals surface area contributed by atoms with E-state index in [0.29, 0.717) is 0 Å². The van der Waals surface area contributed by atoms with Gasteiger partial charge in [0.2, 0.25) is 0 Å². The number of rotatable bonds is 7. The third-order valence-corrected chi connectivity index (χ3v) is 5.68. The first-order valence-electron chi connectivity index (χ1n) is 9.74. The molecule has 0 atom stereocenters. The van der Waals surface area contributed by atoms with Crippen LogP contribution in [0.5, 0.6) is 0 Å². The van der Waals surface area contributed by atoms with E-state index in [1.807, 2.05) is 7.05 Å². The summed E-state index contributed by atoms with van der Waals surface area (Å²) in [5, 5.41) is 11.0. The van der Waals surface area contributed by atoms with Crippen molar-refractivity contribution in [2.24, 2.45) is 4.99 Å². The van der Waals surface area contributed by atoms with Crippen LogP contribution in [-0.2, 0) is 6.54 Å². The van der Waals surface area contributed by atoms with Crippen LogP contribution in [0, 0.1) is 6.92 Å². The number of nitrogens with one attached hydrogen (secondary N) is 2. The van der Waals surface area contributed by atoms with Gasteiger partial charge in [0.1, 0.15) is 0 Å². The predicted molar refractivity (Wildman–Crippen MR) is 132 cm³/mol. The van der Waals surface area contributed by atoms with Crippen molar-refractivity contribution in [1.29, 1.82) is 0 Å². The van der Waals surface area contributed by atoms with Crippen LogP contribution in [0.4, 0.5) is 5.69 Å². The number of hydrogen-bond acceptors (Lipinski definition) is 4. The molecule has 3 rings (SSSR count). The second kappa shape index (κ2) is 12.3. The molecule has 2 N–H and O–H groups in total. The lowest BCUT2D eigenvalue weighted by Crippen LogP contribution is -2.47. The highest BCUT2D eigenvalue weighted by atomic mass is 127. The summed E-state index contributed by atoms with van der Waals surface area (Å²) in [4.78, 5) is 9.36. The average Bonchev–Trinajstić information content (AvgIpc) is 3.21. The lowest BCUT2D eigenvalue weighted by molar-refractivity contribution is 0.255. The zero-order valence-corrected chi connectivity index (χ0v) is 20.0. The molecular formula is C21H32IN5S. The predicted octanol–water partition coefficient (Wildman–Crippen LogP) is 3.55. The van der Waals surface area contributed by atoms with Crippen molar-refractivity contribution < 1.29 is 0 Å². The Hall–Kier alpha value is -1.32. The Morgan fingerprint density at radius 2 is 1.96 bits per heavy atom. The van der Waals surface area contributed by atoms with Gasteiger partial charge in [0.25, 0.3) is 0 Å². The first-order chi connectivity index (χ1) is 13.2. The molecule has 0 amide bonds. The molecule has 0 bridgehead atoms. The zero-order valence-electron chi connectivity index (χ0n) is 16.9. The van der Waals surface area contributed by atoms with Gasteiger partial charge in [0, 0.05) is 52.0 Å². The Bertz CT molecular complexity index is 711. The van der Waals surface area contributed by atoms with Gasteiger partial charge in [-0.05, 0) is 60.0 Å². The van der Waals surface area contributed by atoms with Gasteiger partial charge in [-0.2, -0.15) is 11.3 Å². The molecule has 7 heteroatoms. The van der Waals surface area contributed by atoms with Gasteiger partial charge in [0.05, 0.1) is 0 Å². The van der Waals surface area contributed by atoms with E-state index in [0.717, 1.165) is 58.2 Å². The van der Waals surface area contributed by atoms with Gasteiger partial charge >= 0.3 is 0 Å². The highest BCUT2D eigenvalue weighted by Gasteiger charge is 2.16. The number of hydrogen-bond donors (Lipinski definition) is 2. The van der Waals surface area contributed by atoms with Crippen molar-refractivity contribution in [2.75, 3.05) is 51.2 Å². The fraction of sp³-hybridized carbons (Fsp3) is 0.476. The van der Waals surface area contributed by atoms with Crippen molar-refractivity contribution in [3.63, 3.8) is 0 Å². The Labute approximate surface area is 190 Å². The molecule has 1 aliphatic heterocycles. The monoisotopic (exact) mass is 513 g/mol. The zero-order chi connectivity index (χ0) is 18.9. The third-order valence-electron chi connectivity index (χ3n) is 4.95. The van der Waals surface area contributed by atoms with E-state index < -0.39 is 0 Å². The fourth-order valence-corrected chi connectivity index (χ4v) is 4.03. The van der Waals surface area contributed by atoms with Gasteiger partial charge in [-0.3, -0.25) is 9.89 Å². The van der Waals surface area contributed by atoms with Crippen molar-refractivity contribution in [2.45, 2.75) is 19.9 Å². The molecule has 0 unspecified atom stereocenters.